The number of nitrogens with one attached hydrogen (secondary N) is 1. The first kappa shape index (κ1) is 15.8. The summed E-state index contributed by atoms with van der Waals surface area (Å²) in [4.78, 5) is 4.44. The summed E-state index contributed by atoms with van der Waals surface area (Å²) in [5, 5.41) is 4.33. The summed E-state index contributed by atoms with van der Waals surface area (Å²) in [5.74, 6) is 1.01. The molecule has 0 saturated carbocycles. The molecule has 0 radical (unpaired) electrons. The third kappa shape index (κ3) is 3.41. The number of hydrogen-bond donors (Lipinski definition) is 1. The monoisotopic (exact) mass is 292 g/mol. The van der Waals surface area contributed by atoms with Crippen molar-refractivity contribution in [1.29, 1.82) is 0 Å². The second kappa shape index (κ2) is 5.41. The van der Waals surface area contributed by atoms with Crippen molar-refractivity contribution < 1.29 is 8.42 Å². The molecule has 4 nitrogen and oxygen atoms in total. The molecule has 0 spiro atoms. The maximum atomic E-state index is 11.6. The van der Waals surface area contributed by atoms with E-state index in [1.165, 1.54) is 6.26 Å². The Morgan fingerprint density at radius 1 is 1.39 bits per heavy atom. The molecule has 0 bridgehead atoms. The highest BCUT2D eigenvalue weighted by atomic mass is 32.2. The minimum absolute atomic E-state index is 0.138. The smallest absolute Gasteiger partial charge is 0.157 e. The van der Waals surface area contributed by atoms with E-state index in [0.717, 1.165) is 23.8 Å². The van der Waals surface area contributed by atoms with Gasteiger partial charge in [0.1, 0.15) is 0 Å². The molecular weight excluding hydrogens is 268 g/mol. The molecule has 1 fully saturated rings. The second-order valence-corrected chi connectivity index (χ2v) is 9.17. The lowest BCUT2D eigenvalue weighted by Gasteiger charge is -2.25. The third-order valence-electron chi connectivity index (χ3n) is 3.82. The van der Waals surface area contributed by atoms with Crippen LogP contribution in [-0.2, 0) is 9.84 Å². The topological polar surface area (TPSA) is 58.5 Å². The van der Waals surface area contributed by atoms with E-state index in [1.807, 2.05) is 0 Å². The van der Waals surface area contributed by atoms with Crippen LogP contribution in [0, 0.1) is 0 Å². The quantitative estimate of drug-likeness (QED) is 0.842. The normalized spacial score (nSPS) is 22.2. The van der Waals surface area contributed by atoms with Crippen LogP contribution in [0.15, 0.2) is 4.99 Å². The zero-order chi connectivity index (χ0) is 14.0. The minimum Gasteiger partial charge on any atom is -0.359 e. The van der Waals surface area contributed by atoms with Gasteiger partial charge in [0, 0.05) is 17.5 Å². The molecule has 0 aliphatic carbocycles. The highest BCUT2D eigenvalue weighted by Gasteiger charge is 2.35. The molecule has 0 aromatic heterocycles. The fourth-order valence-electron chi connectivity index (χ4n) is 1.60. The molecule has 6 heteroatoms. The summed E-state index contributed by atoms with van der Waals surface area (Å²) < 4.78 is 22.4. The second-order valence-electron chi connectivity index (χ2n) is 5.55. The number of amidine groups is 1. The van der Waals surface area contributed by atoms with Gasteiger partial charge in [0.05, 0.1) is 11.3 Å². The number of nitrogens with zero attached hydrogens (tertiary/aromatic N) is 1. The predicted molar refractivity (Wildman–Crippen MR) is 80.1 cm³/mol. The molecule has 1 saturated heterocycles. The minimum atomic E-state index is -3.08. The van der Waals surface area contributed by atoms with E-state index in [1.54, 1.807) is 25.6 Å². The maximum absolute atomic E-state index is 11.6. The van der Waals surface area contributed by atoms with Gasteiger partial charge in [0.15, 0.2) is 15.0 Å². The Bertz CT molecular complexity index is 423. The van der Waals surface area contributed by atoms with Gasteiger partial charge in [-0.2, -0.15) is 0 Å². The first-order chi connectivity index (χ1) is 8.16. The van der Waals surface area contributed by atoms with Crippen LogP contribution < -0.4 is 5.32 Å². The van der Waals surface area contributed by atoms with Crippen molar-refractivity contribution >= 4 is 26.8 Å². The van der Waals surface area contributed by atoms with Gasteiger partial charge >= 0.3 is 0 Å². The summed E-state index contributed by atoms with van der Waals surface area (Å²) in [7, 11) is -3.08. The van der Waals surface area contributed by atoms with Crippen LogP contribution >= 0.6 is 11.8 Å². The van der Waals surface area contributed by atoms with Crippen molar-refractivity contribution in [1.82, 2.24) is 5.32 Å². The molecule has 0 aromatic rings. The number of thioether (sulfide) groups is 1. The van der Waals surface area contributed by atoms with Gasteiger partial charge in [-0.15, -0.1) is 0 Å². The molecule has 1 aliphatic heterocycles. The van der Waals surface area contributed by atoms with Gasteiger partial charge < -0.3 is 5.32 Å². The Hall–Kier alpha value is -0.230. The predicted octanol–water partition coefficient (Wildman–Crippen LogP) is 2.06. The van der Waals surface area contributed by atoms with Crippen molar-refractivity contribution in [3.63, 3.8) is 0 Å². The molecule has 0 aromatic carbocycles. The van der Waals surface area contributed by atoms with Crippen LogP contribution in [0.3, 0.4) is 0 Å². The zero-order valence-corrected chi connectivity index (χ0v) is 13.5. The fourth-order valence-corrected chi connectivity index (χ4v) is 3.24. The van der Waals surface area contributed by atoms with E-state index in [4.69, 9.17) is 0 Å². The number of aliphatic imine (C=N–C) groups is 1. The van der Waals surface area contributed by atoms with Crippen LogP contribution in [0.4, 0.5) is 0 Å². The van der Waals surface area contributed by atoms with Gasteiger partial charge in [-0.3, -0.25) is 4.99 Å². The van der Waals surface area contributed by atoms with E-state index in [9.17, 15) is 8.42 Å². The molecule has 1 rings (SSSR count). The highest BCUT2D eigenvalue weighted by molar-refractivity contribution is 8.14. The molecule has 1 heterocycles. The van der Waals surface area contributed by atoms with Gasteiger partial charge in [0.2, 0.25) is 0 Å². The average Bonchev–Trinajstić information content (AvgIpc) is 2.69. The Labute approximate surface area is 115 Å². The van der Waals surface area contributed by atoms with Crippen LogP contribution in [0.2, 0.25) is 0 Å². The first-order valence-electron chi connectivity index (χ1n) is 6.31. The van der Waals surface area contributed by atoms with E-state index in [-0.39, 0.29) is 5.54 Å². The van der Waals surface area contributed by atoms with E-state index >= 15 is 0 Å². The first-order valence-corrected chi connectivity index (χ1v) is 9.18. The Balaban J connectivity index is 2.72. The van der Waals surface area contributed by atoms with Crippen LogP contribution in [-0.4, -0.2) is 42.4 Å². The Morgan fingerprint density at radius 2 is 1.94 bits per heavy atom. The van der Waals surface area contributed by atoms with Crippen molar-refractivity contribution in [3.05, 3.63) is 0 Å². The lowest BCUT2D eigenvalue weighted by molar-refractivity contribution is 0.407. The van der Waals surface area contributed by atoms with Gasteiger partial charge in [-0.05, 0) is 26.7 Å². The summed E-state index contributed by atoms with van der Waals surface area (Å²) in [6.45, 7) is 8.09. The molecule has 18 heavy (non-hydrogen) atoms. The van der Waals surface area contributed by atoms with Crippen molar-refractivity contribution in [3.8, 4) is 0 Å². The number of sulfone groups is 1. The van der Waals surface area contributed by atoms with Crippen molar-refractivity contribution in [2.45, 2.75) is 50.8 Å². The van der Waals surface area contributed by atoms with Crippen LogP contribution in [0.1, 0.15) is 40.5 Å². The summed E-state index contributed by atoms with van der Waals surface area (Å²) >= 11 is 1.69. The van der Waals surface area contributed by atoms with Crippen molar-refractivity contribution in [2.24, 2.45) is 4.99 Å². The summed E-state index contributed by atoms with van der Waals surface area (Å²) in [6, 6.07) is 0. The summed E-state index contributed by atoms with van der Waals surface area (Å²) in [6.07, 6.45) is 3.39. The van der Waals surface area contributed by atoms with Gasteiger partial charge in [-0.25, -0.2) is 8.42 Å². The largest absolute Gasteiger partial charge is 0.359 e. The molecule has 0 atom stereocenters. The van der Waals surface area contributed by atoms with E-state index < -0.39 is 14.6 Å². The summed E-state index contributed by atoms with van der Waals surface area (Å²) in [5.41, 5.74) is 0.138. The average molecular weight is 292 g/mol. The molecule has 0 amide bonds. The molecule has 1 N–H and O–H groups in total. The molecule has 0 unspecified atom stereocenters. The fraction of sp³-hybridized carbons (Fsp3) is 0.917. The molecule has 1 aliphatic rings. The zero-order valence-electron chi connectivity index (χ0n) is 11.9. The van der Waals surface area contributed by atoms with E-state index in [2.05, 4.69) is 24.2 Å². The standard InChI is InChI=1S/C12H24N2O2S2/c1-6-12(7-2)9-17-10(14-12)13-8-11(3,4)18(5,15)16/h6-9H2,1-5H3,(H,13,14). The van der Waals surface area contributed by atoms with Gasteiger partial charge in [0.25, 0.3) is 0 Å². The van der Waals surface area contributed by atoms with Crippen LogP contribution in [0.5, 0.6) is 0 Å². The Morgan fingerprint density at radius 3 is 2.33 bits per heavy atom. The van der Waals surface area contributed by atoms with Crippen LogP contribution in [0.25, 0.3) is 0 Å². The Kier molecular flexibility index (Phi) is 4.76. The maximum Gasteiger partial charge on any atom is 0.157 e. The lowest BCUT2D eigenvalue weighted by Crippen LogP contribution is -2.43. The lowest BCUT2D eigenvalue weighted by atomic mass is 9.96. The number of rotatable bonds is 5. The highest BCUT2D eigenvalue weighted by Crippen LogP contribution is 2.29. The molecule has 106 valence electrons. The molecular formula is C12H24N2O2S2. The SMILES string of the molecule is CCC1(CC)CSC(=NCC(C)(C)S(C)(=O)=O)N1. The number of hydrogen-bond acceptors (Lipinski definition) is 4. The van der Waals surface area contributed by atoms with E-state index in [0.29, 0.717) is 6.54 Å². The van der Waals surface area contributed by atoms with Gasteiger partial charge in [-0.1, -0.05) is 25.6 Å². The van der Waals surface area contributed by atoms with Crippen molar-refractivity contribution in [2.75, 3.05) is 18.6 Å². The third-order valence-corrected chi connectivity index (χ3v) is 7.16.